The quantitative estimate of drug-likeness (QED) is 0.890. The smallest absolute Gasteiger partial charge is 0.257 e. The maximum absolute atomic E-state index is 12.7. The summed E-state index contributed by atoms with van der Waals surface area (Å²) in [4.78, 5) is 18.8. The Hall–Kier alpha value is -1.58. The number of amides is 1. The molecule has 19 heavy (non-hydrogen) atoms. The van der Waals surface area contributed by atoms with Crippen LogP contribution in [0.4, 0.5) is 5.69 Å². The van der Waals surface area contributed by atoms with E-state index in [9.17, 15) is 4.79 Å². The van der Waals surface area contributed by atoms with Gasteiger partial charge >= 0.3 is 0 Å². The van der Waals surface area contributed by atoms with Crippen LogP contribution in [0.15, 0.2) is 18.5 Å². The molecule has 3 atom stereocenters. The number of carbonyl (C=O) groups is 1. The van der Waals surface area contributed by atoms with Gasteiger partial charge in [-0.25, -0.2) is 0 Å². The lowest BCUT2D eigenvalue weighted by atomic mass is 9.85. The van der Waals surface area contributed by atoms with Crippen LogP contribution in [0.2, 0.25) is 0 Å². The molecule has 0 aromatic carbocycles. The van der Waals surface area contributed by atoms with E-state index in [4.69, 9.17) is 0 Å². The number of rotatable bonds is 2. The lowest BCUT2D eigenvalue weighted by Crippen LogP contribution is -2.49. The van der Waals surface area contributed by atoms with Gasteiger partial charge in [0, 0.05) is 37.7 Å². The number of piperidine rings is 1. The SMILES string of the molecule is CNc1ccncc1C(=O)N1CC(C)CC(C)C1C. The van der Waals surface area contributed by atoms with E-state index in [0.717, 1.165) is 12.2 Å². The van der Waals surface area contributed by atoms with Crippen molar-refractivity contribution in [2.24, 2.45) is 11.8 Å². The van der Waals surface area contributed by atoms with Crippen LogP contribution in [0, 0.1) is 11.8 Å². The van der Waals surface area contributed by atoms with Crippen LogP contribution in [0.25, 0.3) is 0 Å². The van der Waals surface area contributed by atoms with E-state index in [-0.39, 0.29) is 11.9 Å². The van der Waals surface area contributed by atoms with E-state index in [1.54, 1.807) is 12.4 Å². The second kappa shape index (κ2) is 5.59. The van der Waals surface area contributed by atoms with E-state index in [1.165, 1.54) is 6.42 Å². The molecule has 0 aliphatic carbocycles. The van der Waals surface area contributed by atoms with Crippen LogP contribution in [0.3, 0.4) is 0 Å². The Labute approximate surface area is 115 Å². The summed E-state index contributed by atoms with van der Waals surface area (Å²) in [7, 11) is 1.83. The van der Waals surface area contributed by atoms with Gasteiger partial charge in [-0.1, -0.05) is 13.8 Å². The Morgan fingerprint density at radius 1 is 1.42 bits per heavy atom. The number of likely N-dealkylation sites (tertiary alicyclic amines) is 1. The minimum atomic E-state index is 0.0864. The fourth-order valence-corrected chi connectivity index (χ4v) is 2.92. The summed E-state index contributed by atoms with van der Waals surface area (Å²) in [6.45, 7) is 7.42. The van der Waals surface area contributed by atoms with E-state index < -0.39 is 0 Å². The number of pyridine rings is 1. The normalized spacial score (nSPS) is 27.2. The number of hydrogen-bond donors (Lipinski definition) is 1. The highest BCUT2D eigenvalue weighted by Crippen LogP contribution is 2.29. The van der Waals surface area contributed by atoms with E-state index in [0.29, 0.717) is 17.4 Å². The fourth-order valence-electron chi connectivity index (χ4n) is 2.92. The van der Waals surface area contributed by atoms with Crippen LogP contribution in [0.5, 0.6) is 0 Å². The summed E-state index contributed by atoms with van der Waals surface area (Å²) in [6, 6.07) is 2.13. The van der Waals surface area contributed by atoms with Gasteiger partial charge in [0.05, 0.1) is 5.56 Å². The number of aromatic nitrogens is 1. The number of anilines is 1. The number of carbonyl (C=O) groups excluding carboxylic acids is 1. The summed E-state index contributed by atoms with van der Waals surface area (Å²) in [5.41, 5.74) is 1.51. The lowest BCUT2D eigenvalue weighted by Gasteiger charge is -2.41. The van der Waals surface area contributed by atoms with Crippen molar-refractivity contribution in [2.45, 2.75) is 33.2 Å². The minimum Gasteiger partial charge on any atom is -0.387 e. The van der Waals surface area contributed by atoms with Gasteiger partial charge < -0.3 is 10.2 Å². The molecule has 3 unspecified atom stereocenters. The number of hydrogen-bond acceptors (Lipinski definition) is 3. The molecule has 1 aromatic rings. The van der Waals surface area contributed by atoms with Crippen molar-refractivity contribution in [2.75, 3.05) is 18.9 Å². The van der Waals surface area contributed by atoms with Gasteiger partial charge in [0.15, 0.2) is 0 Å². The molecular formula is C15H23N3O. The second-order valence-corrected chi connectivity index (χ2v) is 5.69. The lowest BCUT2D eigenvalue weighted by molar-refractivity contribution is 0.0456. The standard InChI is InChI=1S/C15H23N3O/c1-10-7-11(2)12(3)18(9-10)15(19)13-8-17-6-5-14(13)16-4/h5-6,8,10-12H,7,9H2,1-4H3,(H,16,17). The maximum Gasteiger partial charge on any atom is 0.257 e. The third-order valence-electron chi connectivity index (χ3n) is 4.18. The highest BCUT2D eigenvalue weighted by atomic mass is 16.2. The molecule has 0 bridgehead atoms. The Kier molecular flexibility index (Phi) is 4.08. The van der Waals surface area contributed by atoms with Crippen molar-refractivity contribution in [3.8, 4) is 0 Å². The van der Waals surface area contributed by atoms with Gasteiger partial charge in [-0.2, -0.15) is 0 Å². The zero-order valence-electron chi connectivity index (χ0n) is 12.2. The Morgan fingerprint density at radius 2 is 2.16 bits per heavy atom. The molecule has 4 heteroatoms. The summed E-state index contributed by atoms with van der Waals surface area (Å²) in [5.74, 6) is 1.19. The molecule has 2 rings (SSSR count). The van der Waals surface area contributed by atoms with Crippen LogP contribution in [0.1, 0.15) is 37.6 Å². The highest BCUT2D eigenvalue weighted by molar-refractivity contribution is 5.99. The molecule has 1 aliphatic rings. The molecule has 104 valence electrons. The molecule has 1 N–H and O–H groups in total. The Bertz CT molecular complexity index is 460. The topological polar surface area (TPSA) is 45.2 Å². The zero-order valence-corrected chi connectivity index (χ0v) is 12.2. The molecule has 0 radical (unpaired) electrons. The van der Waals surface area contributed by atoms with E-state index in [1.807, 2.05) is 18.0 Å². The second-order valence-electron chi connectivity index (χ2n) is 5.69. The van der Waals surface area contributed by atoms with Crippen molar-refractivity contribution < 1.29 is 4.79 Å². The van der Waals surface area contributed by atoms with Crippen LogP contribution in [-0.2, 0) is 0 Å². The third-order valence-corrected chi connectivity index (χ3v) is 4.18. The average molecular weight is 261 g/mol. The number of nitrogens with zero attached hydrogens (tertiary/aromatic N) is 2. The first kappa shape index (κ1) is 13.8. The fraction of sp³-hybridized carbons (Fsp3) is 0.600. The van der Waals surface area contributed by atoms with Crippen molar-refractivity contribution in [3.05, 3.63) is 24.0 Å². The number of nitrogens with one attached hydrogen (secondary N) is 1. The molecule has 1 fully saturated rings. The van der Waals surface area contributed by atoms with Crippen molar-refractivity contribution >= 4 is 11.6 Å². The Balaban J connectivity index is 2.27. The monoisotopic (exact) mass is 261 g/mol. The van der Waals surface area contributed by atoms with Crippen molar-refractivity contribution in [1.29, 1.82) is 0 Å². The van der Waals surface area contributed by atoms with Gasteiger partial charge in [-0.3, -0.25) is 9.78 Å². The molecule has 0 saturated carbocycles. The first-order valence-electron chi connectivity index (χ1n) is 6.97. The van der Waals surface area contributed by atoms with E-state index >= 15 is 0 Å². The largest absolute Gasteiger partial charge is 0.387 e. The van der Waals surface area contributed by atoms with Crippen molar-refractivity contribution in [3.63, 3.8) is 0 Å². The van der Waals surface area contributed by atoms with Crippen molar-refractivity contribution in [1.82, 2.24) is 9.88 Å². The molecule has 0 spiro atoms. The maximum atomic E-state index is 12.7. The van der Waals surface area contributed by atoms with E-state index in [2.05, 4.69) is 31.1 Å². The molecule has 4 nitrogen and oxygen atoms in total. The summed E-state index contributed by atoms with van der Waals surface area (Å²) < 4.78 is 0. The van der Waals surface area contributed by atoms with Crippen LogP contribution in [-0.4, -0.2) is 35.4 Å². The first-order valence-corrected chi connectivity index (χ1v) is 6.97. The molecule has 1 aliphatic heterocycles. The highest BCUT2D eigenvalue weighted by Gasteiger charge is 2.33. The predicted molar refractivity (Wildman–Crippen MR) is 77.2 cm³/mol. The minimum absolute atomic E-state index is 0.0864. The summed E-state index contributed by atoms with van der Waals surface area (Å²) >= 11 is 0. The Morgan fingerprint density at radius 3 is 2.84 bits per heavy atom. The summed E-state index contributed by atoms with van der Waals surface area (Å²) in [6.07, 6.45) is 4.55. The average Bonchev–Trinajstić information content (AvgIpc) is 2.42. The van der Waals surface area contributed by atoms with Crippen LogP contribution >= 0.6 is 0 Å². The van der Waals surface area contributed by atoms with Gasteiger partial charge in [0.1, 0.15) is 0 Å². The third kappa shape index (κ3) is 2.72. The van der Waals surface area contributed by atoms with Gasteiger partial charge in [-0.15, -0.1) is 0 Å². The zero-order chi connectivity index (χ0) is 14.0. The molecule has 1 amide bonds. The predicted octanol–water partition coefficient (Wildman–Crippen LogP) is 2.63. The molecule has 1 saturated heterocycles. The molecule has 1 aromatic heterocycles. The molecular weight excluding hydrogens is 238 g/mol. The summed E-state index contributed by atoms with van der Waals surface area (Å²) in [5, 5.41) is 3.07. The van der Waals surface area contributed by atoms with Gasteiger partial charge in [0.2, 0.25) is 0 Å². The van der Waals surface area contributed by atoms with Crippen LogP contribution < -0.4 is 5.32 Å². The van der Waals surface area contributed by atoms with Gasteiger partial charge in [0.25, 0.3) is 5.91 Å². The molecule has 2 heterocycles. The first-order chi connectivity index (χ1) is 9.04. The van der Waals surface area contributed by atoms with Gasteiger partial charge in [-0.05, 0) is 31.2 Å².